The van der Waals surface area contributed by atoms with Gasteiger partial charge in [-0.05, 0) is 17.7 Å². The van der Waals surface area contributed by atoms with Crippen molar-refractivity contribution in [1.82, 2.24) is 4.98 Å². The van der Waals surface area contributed by atoms with Crippen LogP contribution in [-0.4, -0.2) is 21.8 Å². The minimum Gasteiger partial charge on any atom is -0.481 e. The van der Waals surface area contributed by atoms with E-state index in [1.807, 2.05) is 6.07 Å². The number of nitrogens with zero attached hydrogens (tertiary/aromatic N) is 1. The highest BCUT2D eigenvalue weighted by Crippen LogP contribution is 2.23. The van der Waals surface area contributed by atoms with Crippen LogP contribution in [0.25, 0.3) is 0 Å². The van der Waals surface area contributed by atoms with Gasteiger partial charge in [0.05, 0.1) is 12.3 Å². The van der Waals surface area contributed by atoms with Crippen molar-refractivity contribution in [2.75, 3.05) is 0 Å². The van der Waals surface area contributed by atoms with E-state index in [9.17, 15) is 9.59 Å². The van der Waals surface area contributed by atoms with E-state index in [0.717, 1.165) is 0 Å². The Labute approximate surface area is 110 Å². The summed E-state index contributed by atoms with van der Waals surface area (Å²) in [5.41, 5.74) is 0.984. The van der Waals surface area contributed by atoms with Gasteiger partial charge in [-0.2, -0.15) is 0 Å². The second-order valence-electron chi connectivity index (χ2n) is 4.14. The number of rotatable bonds is 5. The van der Waals surface area contributed by atoms with Gasteiger partial charge in [-0.1, -0.05) is 36.4 Å². The number of carbonyl (C=O) groups excluding carboxylic acids is 1. The number of ketones is 1. The topological polar surface area (TPSA) is 67.3 Å². The predicted octanol–water partition coefficient (Wildman–Crippen LogP) is 2.52. The van der Waals surface area contributed by atoms with Crippen molar-refractivity contribution < 1.29 is 14.7 Å². The number of carboxylic acid groups (broad SMARTS) is 1. The molecule has 1 heterocycles. The molecule has 19 heavy (non-hydrogen) atoms. The van der Waals surface area contributed by atoms with Crippen molar-refractivity contribution in [3.8, 4) is 0 Å². The van der Waals surface area contributed by atoms with Crippen molar-refractivity contribution in [2.24, 2.45) is 0 Å². The first-order chi connectivity index (χ1) is 9.18. The standard InChI is InChI=1S/C15H13NO3/c17-14(18)10-12(11-6-2-1-3-7-11)15(19)13-8-4-5-9-16-13/h1-9,12H,10H2,(H,17,18). The Balaban J connectivity index is 2.33. The SMILES string of the molecule is O=C(O)CC(C(=O)c1ccccn1)c1ccccc1. The maximum atomic E-state index is 12.4. The van der Waals surface area contributed by atoms with E-state index in [1.54, 1.807) is 42.5 Å². The quantitative estimate of drug-likeness (QED) is 0.833. The second kappa shape index (κ2) is 5.91. The van der Waals surface area contributed by atoms with Crippen molar-refractivity contribution >= 4 is 11.8 Å². The molecule has 1 aromatic carbocycles. The van der Waals surface area contributed by atoms with Gasteiger partial charge in [0.2, 0.25) is 0 Å². The largest absolute Gasteiger partial charge is 0.481 e. The van der Waals surface area contributed by atoms with Crippen LogP contribution in [0.15, 0.2) is 54.7 Å². The number of aliphatic carboxylic acids is 1. The fourth-order valence-electron chi connectivity index (χ4n) is 1.91. The van der Waals surface area contributed by atoms with Gasteiger partial charge in [-0.3, -0.25) is 14.6 Å². The third kappa shape index (κ3) is 3.25. The molecule has 0 radical (unpaired) electrons. The summed E-state index contributed by atoms with van der Waals surface area (Å²) in [6.07, 6.45) is 1.29. The van der Waals surface area contributed by atoms with Crippen molar-refractivity contribution in [3.63, 3.8) is 0 Å². The Morgan fingerprint density at radius 3 is 2.32 bits per heavy atom. The zero-order valence-corrected chi connectivity index (χ0v) is 10.2. The maximum Gasteiger partial charge on any atom is 0.304 e. The molecule has 0 aliphatic heterocycles. The van der Waals surface area contributed by atoms with Gasteiger partial charge in [-0.15, -0.1) is 0 Å². The lowest BCUT2D eigenvalue weighted by atomic mass is 9.90. The molecule has 0 spiro atoms. The fourth-order valence-corrected chi connectivity index (χ4v) is 1.91. The Kier molecular flexibility index (Phi) is 4.03. The molecule has 1 aromatic heterocycles. The molecular weight excluding hydrogens is 242 g/mol. The molecular formula is C15H13NO3. The van der Waals surface area contributed by atoms with E-state index in [0.29, 0.717) is 5.56 Å². The summed E-state index contributed by atoms with van der Waals surface area (Å²) in [6, 6.07) is 13.9. The van der Waals surface area contributed by atoms with E-state index < -0.39 is 11.9 Å². The van der Waals surface area contributed by atoms with Crippen molar-refractivity contribution in [1.29, 1.82) is 0 Å². The minimum absolute atomic E-state index is 0.237. The molecule has 4 heteroatoms. The van der Waals surface area contributed by atoms with E-state index >= 15 is 0 Å². The van der Waals surface area contributed by atoms with Crippen LogP contribution in [-0.2, 0) is 4.79 Å². The molecule has 0 aliphatic rings. The Morgan fingerprint density at radius 1 is 1.05 bits per heavy atom. The first-order valence-electron chi connectivity index (χ1n) is 5.90. The summed E-state index contributed by atoms with van der Waals surface area (Å²) in [5.74, 6) is -1.97. The zero-order valence-electron chi connectivity index (χ0n) is 10.2. The Bertz CT molecular complexity index is 566. The van der Waals surface area contributed by atoms with Crippen LogP contribution < -0.4 is 0 Å². The predicted molar refractivity (Wildman–Crippen MR) is 70.0 cm³/mol. The zero-order chi connectivity index (χ0) is 13.7. The first-order valence-corrected chi connectivity index (χ1v) is 5.90. The van der Waals surface area contributed by atoms with E-state index in [1.165, 1.54) is 6.20 Å². The Morgan fingerprint density at radius 2 is 1.74 bits per heavy atom. The highest BCUT2D eigenvalue weighted by molar-refractivity contribution is 6.01. The molecule has 4 nitrogen and oxygen atoms in total. The summed E-state index contributed by atoms with van der Waals surface area (Å²) in [7, 11) is 0. The summed E-state index contributed by atoms with van der Waals surface area (Å²) >= 11 is 0. The van der Waals surface area contributed by atoms with E-state index in [2.05, 4.69) is 4.98 Å². The van der Waals surface area contributed by atoms with Crippen LogP contribution in [0.3, 0.4) is 0 Å². The normalized spacial score (nSPS) is 11.8. The lowest BCUT2D eigenvalue weighted by molar-refractivity contribution is -0.137. The number of aromatic nitrogens is 1. The van der Waals surface area contributed by atoms with Gasteiger partial charge in [0.25, 0.3) is 0 Å². The fraction of sp³-hybridized carbons (Fsp3) is 0.133. The van der Waals surface area contributed by atoms with Gasteiger partial charge in [-0.25, -0.2) is 0 Å². The second-order valence-corrected chi connectivity index (χ2v) is 4.14. The van der Waals surface area contributed by atoms with Crippen LogP contribution in [0, 0.1) is 0 Å². The number of pyridine rings is 1. The minimum atomic E-state index is -1.00. The number of benzene rings is 1. The third-order valence-electron chi connectivity index (χ3n) is 2.81. The summed E-state index contributed by atoms with van der Waals surface area (Å²) in [4.78, 5) is 27.3. The lowest BCUT2D eigenvalue weighted by Crippen LogP contribution is -2.17. The number of hydrogen-bond acceptors (Lipinski definition) is 3. The van der Waals surface area contributed by atoms with Gasteiger partial charge >= 0.3 is 5.97 Å². The van der Waals surface area contributed by atoms with Gasteiger partial charge in [0.15, 0.2) is 5.78 Å². The maximum absolute atomic E-state index is 12.4. The number of carboxylic acids is 1. The van der Waals surface area contributed by atoms with E-state index in [4.69, 9.17) is 5.11 Å². The molecule has 0 saturated heterocycles. The number of hydrogen-bond donors (Lipinski definition) is 1. The monoisotopic (exact) mass is 255 g/mol. The average molecular weight is 255 g/mol. The first kappa shape index (κ1) is 13.0. The molecule has 2 rings (SSSR count). The van der Waals surface area contributed by atoms with Crippen LogP contribution in [0.1, 0.15) is 28.4 Å². The van der Waals surface area contributed by atoms with Gasteiger partial charge in [0, 0.05) is 6.20 Å². The van der Waals surface area contributed by atoms with Crippen molar-refractivity contribution in [3.05, 3.63) is 66.0 Å². The molecule has 0 amide bonds. The molecule has 1 atom stereocenters. The van der Waals surface area contributed by atoms with E-state index in [-0.39, 0.29) is 17.9 Å². The molecule has 0 bridgehead atoms. The highest BCUT2D eigenvalue weighted by Gasteiger charge is 2.25. The van der Waals surface area contributed by atoms with Gasteiger partial charge in [0.1, 0.15) is 5.69 Å². The molecule has 0 aliphatic carbocycles. The lowest BCUT2D eigenvalue weighted by Gasteiger charge is -2.13. The molecule has 96 valence electrons. The number of carbonyl (C=O) groups is 2. The Hall–Kier alpha value is -2.49. The number of Topliss-reactive ketones (excluding diaryl/α,β-unsaturated/α-hetero) is 1. The van der Waals surface area contributed by atoms with Crippen LogP contribution in [0.5, 0.6) is 0 Å². The molecule has 0 saturated carbocycles. The van der Waals surface area contributed by atoms with Crippen LogP contribution in [0.4, 0.5) is 0 Å². The van der Waals surface area contributed by atoms with Crippen LogP contribution in [0.2, 0.25) is 0 Å². The summed E-state index contributed by atoms with van der Waals surface area (Å²) in [5, 5.41) is 8.97. The van der Waals surface area contributed by atoms with Gasteiger partial charge < -0.3 is 5.11 Å². The van der Waals surface area contributed by atoms with Crippen molar-refractivity contribution in [2.45, 2.75) is 12.3 Å². The molecule has 1 unspecified atom stereocenters. The molecule has 1 N–H and O–H groups in total. The average Bonchev–Trinajstić information content (AvgIpc) is 2.46. The summed E-state index contributed by atoms with van der Waals surface area (Å²) in [6.45, 7) is 0. The molecule has 2 aromatic rings. The molecule has 0 fully saturated rings. The third-order valence-corrected chi connectivity index (χ3v) is 2.81. The van der Waals surface area contributed by atoms with Crippen LogP contribution >= 0.6 is 0 Å². The smallest absolute Gasteiger partial charge is 0.304 e. The highest BCUT2D eigenvalue weighted by atomic mass is 16.4. The summed E-state index contributed by atoms with van der Waals surface area (Å²) < 4.78 is 0.